The summed E-state index contributed by atoms with van der Waals surface area (Å²) in [6.45, 7) is 15.8. The normalized spacial score (nSPS) is 17.5. The topological polar surface area (TPSA) is 214 Å². The van der Waals surface area contributed by atoms with Gasteiger partial charge in [-0.3, -0.25) is 19.0 Å². The Balaban J connectivity index is 0.000000229. The summed E-state index contributed by atoms with van der Waals surface area (Å²) in [6, 6.07) is 30.0. The van der Waals surface area contributed by atoms with E-state index in [0.29, 0.717) is 11.8 Å². The van der Waals surface area contributed by atoms with Gasteiger partial charge in [0.2, 0.25) is 0 Å². The number of nitrogens with two attached hydrogens (primary N) is 2. The average Bonchev–Trinajstić information content (AvgIpc) is 3.90. The van der Waals surface area contributed by atoms with Gasteiger partial charge in [0.25, 0.3) is 0 Å². The van der Waals surface area contributed by atoms with Crippen molar-refractivity contribution < 1.29 is 69.0 Å². The van der Waals surface area contributed by atoms with E-state index < -0.39 is 34.5 Å². The quantitative estimate of drug-likeness (QED) is 0.227. The van der Waals surface area contributed by atoms with Gasteiger partial charge in [0.15, 0.2) is 11.6 Å². The SMILES string of the molecule is CC1=C([O-])[C@@]([O-])(n2cc(N)cn2)c2ccccc2C1=O.CC1=C([O-])[C@@]([O-])(n2cc(N)cn2)c2ccccc2C1=O.Cc1ccc(C(C)C)cc1.Cc1ccc(C(C)C)cc1.[Ru+2].[Ru+2]. The van der Waals surface area contributed by atoms with Crippen molar-refractivity contribution in [3.05, 3.63) is 189 Å². The first-order valence-electron chi connectivity index (χ1n) is 19.5. The first-order valence-corrected chi connectivity index (χ1v) is 19.5. The number of allylic oxidation sites excluding steroid dienone is 2. The molecule has 0 radical (unpaired) electrons. The van der Waals surface area contributed by atoms with Crippen LogP contribution in [0.25, 0.3) is 0 Å². The van der Waals surface area contributed by atoms with E-state index >= 15 is 0 Å². The van der Waals surface area contributed by atoms with Gasteiger partial charge >= 0.3 is 39.0 Å². The van der Waals surface area contributed by atoms with E-state index in [1.54, 1.807) is 24.3 Å². The maximum absolute atomic E-state index is 13.2. The molecule has 0 saturated carbocycles. The number of aryl methyl sites for hydroxylation is 2. The van der Waals surface area contributed by atoms with E-state index in [2.05, 4.69) is 100 Å². The molecule has 0 bridgehead atoms. The van der Waals surface area contributed by atoms with Crippen molar-refractivity contribution in [1.82, 2.24) is 19.6 Å². The number of nitrogens with zero attached hydrogens (tertiary/aromatic N) is 4. The van der Waals surface area contributed by atoms with Crippen molar-refractivity contribution in [3.8, 4) is 0 Å². The number of carbonyl (C=O) groups excluding carboxylic acids is 2. The number of hydrogen-bond acceptors (Lipinski definition) is 10. The van der Waals surface area contributed by atoms with E-state index in [0.717, 1.165) is 9.36 Å². The zero-order valence-corrected chi connectivity index (χ0v) is 39.3. The van der Waals surface area contributed by atoms with E-state index in [9.17, 15) is 30.0 Å². The van der Waals surface area contributed by atoms with Gasteiger partial charge in [-0.1, -0.05) is 136 Å². The largest absolute Gasteiger partial charge is 2.00 e. The number of benzene rings is 4. The van der Waals surface area contributed by atoms with Gasteiger partial charge in [-0.15, -0.1) is 11.5 Å². The van der Waals surface area contributed by atoms with Gasteiger partial charge in [0.05, 0.1) is 23.8 Å². The number of rotatable bonds is 4. The van der Waals surface area contributed by atoms with Crippen LogP contribution < -0.4 is 31.9 Å². The zero-order valence-electron chi connectivity index (χ0n) is 35.8. The molecule has 2 aliphatic rings. The Morgan fingerprint density at radius 1 is 0.532 bits per heavy atom. The van der Waals surface area contributed by atoms with Crippen LogP contribution in [0.5, 0.6) is 0 Å². The Kier molecular flexibility index (Phi) is 17.3. The summed E-state index contributed by atoms with van der Waals surface area (Å²) < 4.78 is 1.94. The van der Waals surface area contributed by atoms with E-state index in [4.69, 9.17) is 11.5 Å². The van der Waals surface area contributed by atoms with E-state index in [1.807, 2.05) is 0 Å². The molecule has 2 heterocycles. The number of nitrogen functional groups attached to an aromatic ring is 2. The Bertz CT molecular complexity index is 2380. The summed E-state index contributed by atoms with van der Waals surface area (Å²) in [4.78, 5) is 24.2. The molecule has 0 saturated heterocycles. The second-order valence-electron chi connectivity index (χ2n) is 15.5. The van der Waals surface area contributed by atoms with Crippen LogP contribution in [-0.2, 0) is 50.4 Å². The molecule has 0 fully saturated rings. The van der Waals surface area contributed by atoms with Crippen LogP contribution in [0.1, 0.15) is 107 Å². The average molecular weight is 1010 g/mol. The van der Waals surface area contributed by atoms with Gasteiger partial charge in [-0.25, -0.2) is 0 Å². The minimum absolute atomic E-state index is 0. The van der Waals surface area contributed by atoms with Crippen LogP contribution >= 0.6 is 0 Å². The van der Waals surface area contributed by atoms with Crippen molar-refractivity contribution in [3.63, 3.8) is 0 Å². The van der Waals surface area contributed by atoms with Crippen molar-refractivity contribution in [2.75, 3.05) is 11.5 Å². The third-order valence-corrected chi connectivity index (χ3v) is 10.4. The molecule has 0 amide bonds. The third-order valence-electron chi connectivity index (χ3n) is 10.4. The zero-order chi connectivity index (χ0) is 44.1. The molecule has 14 heteroatoms. The molecule has 324 valence electrons. The van der Waals surface area contributed by atoms with Crippen LogP contribution in [-0.4, -0.2) is 31.1 Å². The maximum atomic E-state index is 13.2. The molecule has 2 aromatic heterocycles. The molecule has 4 aromatic carbocycles. The number of ketones is 2. The van der Waals surface area contributed by atoms with Gasteiger partial charge in [0.1, 0.15) is 0 Å². The predicted molar refractivity (Wildman–Crippen MR) is 225 cm³/mol. The van der Waals surface area contributed by atoms with Gasteiger partial charge in [0, 0.05) is 35.0 Å². The monoisotopic (exact) mass is 1010 g/mol. The van der Waals surface area contributed by atoms with Crippen molar-refractivity contribution in [2.45, 2.75) is 78.7 Å². The molecule has 8 rings (SSSR count). The fourth-order valence-electron chi connectivity index (χ4n) is 6.69. The molecular formula is C48H50N6O6Ru2. The number of aromatic nitrogens is 4. The van der Waals surface area contributed by atoms with Crippen LogP contribution in [0.4, 0.5) is 11.4 Å². The van der Waals surface area contributed by atoms with Crippen LogP contribution in [0.15, 0.2) is 145 Å². The molecule has 6 aromatic rings. The molecule has 4 N–H and O–H groups in total. The molecule has 62 heavy (non-hydrogen) atoms. The first kappa shape index (κ1) is 50.8. The molecule has 0 spiro atoms. The number of hydrogen-bond donors (Lipinski definition) is 2. The van der Waals surface area contributed by atoms with E-state index in [-0.39, 0.29) is 83.7 Å². The number of fused-ring (bicyclic) bond motifs is 2. The number of carbonyl (C=O) groups is 2. The van der Waals surface area contributed by atoms with Crippen molar-refractivity contribution in [1.29, 1.82) is 0 Å². The first-order chi connectivity index (χ1) is 28.3. The van der Waals surface area contributed by atoms with Crippen LogP contribution in [0, 0.1) is 13.8 Å². The number of anilines is 2. The Morgan fingerprint density at radius 3 is 1.11 bits per heavy atom. The van der Waals surface area contributed by atoms with Crippen LogP contribution in [0.3, 0.4) is 0 Å². The standard InChI is InChI=1S/2C14H12N3O3.2C10H14.2Ru/c2*1-8-12(18)10-4-2-3-5-11(10)14(20,13(8)19)17-7-9(15)6-16-17;2*1-8(2)10-6-4-9(3)5-7-10;;/h2*2-7,19H,15H2,1H3;2*4-8H,1-3H3;;/q2*-1;;;2*+2/p-2/t2*14-;;;;/m11..../s1. The minimum atomic E-state index is -2.29. The molecule has 2 aliphatic carbocycles. The maximum Gasteiger partial charge on any atom is 2.00 e. The fraction of sp³-hybridized carbons (Fsp3) is 0.250. The molecule has 12 nitrogen and oxygen atoms in total. The molecule has 0 aliphatic heterocycles. The summed E-state index contributed by atoms with van der Waals surface area (Å²) >= 11 is 0. The number of Topliss-reactive ketones (excluding diaryl/α,β-unsaturated/α-hetero) is 2. The molecular weight excluding hydrogens is 959 g/mol. The summed E-state index contributed by atoms with van der Waals surface area (Å²) in [7, 11) is 0. The predicted octanol–water partition coefficient (Wildman–Crippen LogP) is 4.95. The molecule has 0 unspecified atom stereocenters. The van der Waals surface area contributed by atoms with Gasteiger partial charge < -0.3 is 31.9 Å². The summed E-state index contributed by atoms with van der Waals surface area (Å²) in [6.07, 6.45) is 5.18. The summed E-state index contributed by atoms with van der Waals surface area (Å²) in [5.74, 6) is -1.13. The van der Waals surface area contributed by atoms with Crippen molar-refractivity contribution >= 4 is 22.9 Å². The minimum Gasteiger partial charge on any atom is -0.874 e. The Labute approximate surface area is 388 Å². The van der Waals surface area contributed by atoms with Crippen LogP contribution in [0.2, 0.25) is 0 Å². The third kappa shape index (κ3) is 10.4. The van der Waals surface area contributed by atoms with Gasteiger partial charge in [-0.2, -0.15) is 10.2 Å². The fourth-order valence-corrected chi connectivity index (χ4v) is 6.69. The molecule has 2 atom stereocenters. The van der Waals surface area contributed by atoms with E-state index in [1.165, 1.54) is 85.2 Å². The van der Waals surface area contributed by atoms with Gasteiger partial charge in [-0.05, 0) is 72.9 Å². The van der Waals surface area contributed by atoms with Crippen molar-refractivity contribution in [2.24, 2.45) is 0 Å². The smallest absolute Gasteiger partial charge is 0.874 e. The Morgan fingerprint density at radius 2 is 0.839 bits per heavy atom. The second kappa shape index (κ2) is 21.0. The second-order valence-corrected chi connectivity index (χ2v) is 15.5. The Hall–Kier alpha value is -5.51. The summed E-state index contributed by atoms with van der Waals surface area (Å²) in [5, 5.41) is 58.8. The summed E-state index contributed by atoms with van der Waals surface area (Å²) in [5.41, 5.74) is 13.1.